The molecule has 6 nitrogen and oxygen atoms in total. The van der Waals surface area contributed by atoms with Crippen molar-refractivity contribution in [3.63, 3.8) is 0 Å². The van der Waals surface area contributed by atoms with Gasteiger partial charge in [0, 0.05) is 6.20 Å². The van der Waals surface area contributed by atoms with E-state index in [4.69, 9.17) is 4.74 Å². The van der Waals surface area contributed by atoms with Gasteiger partial charge in [0.1, 0.15) is 23.9 Å². The van der Waals surface area contributed by atoms with Crippen molar-refractivity contribution in [2.45, 2.75) is 39.3 Å². The highest BCUT2D eigenvalue weighted by Crippen LogP contribution is 2.24. The van der Waals surface area contributed by atoms with E-state index in [0.717, 1.165) is 12.1 Å². The minimum Gasteiger partial charge on any atom is -0.485 e. The number of benzene rings is 1. The number of amides is 1. The number of aryl methyl sites for hydroxylation is 1. The predicted molar refractivity (Wildman–Crippen MR) is 104 cm³/mol. The molecule has 8 heteroatoms. The van der Waals surface area contributed by atoms with Crippen LogP contribution >= 0.6 is 0 Å². The van der Waals surface area contributed by atoms with E-state index in [0.29, 0.717) is 23.5 Å². The summed E-state index contributed by atoms with van der Waals surface area (Å²) in [5, 5.41) is 12.4. The number of halogens is 2. The van der Waals surface area contributed by atoms with Gasteiger partial charge in [-0.1, -0.05) is 13.0 Å². The molecule has 2 N–H and O–H groups in total. The summed E-state index contributed by atoms with van der Waals surface area (Å²) < 4.78 is 34.9. The molecular weight excluding hydrogens is 380 g/mol. The van der Waals surface area contributed by atoms with E-state index in [9.17, 15) is 18.7 Å². The van der Waals surface area contributed by atoms with E-state index < -0.39 is 17.2 Å². The zero-order valence-electron chi connectivity index (χ0n) is 16.5. The summed E-state index contributed by atoms with van der Waals surface area (Å²) >= 11 is 0. The first-order valence-electron chi connectivity index (χ1n) is 9.26. The quantitative estimate of drug-likeness (QED) is 0.634. The molecule has 0 aliphatic rings. The first-order valence-corrected chi connectivity index (χ1v) is 9.26. The molecule has 29 heavy (non-hydrogen) atoms. The average molecular weight is 403 g/mol. The number of hydrogen-bond donors (Lipinski definition) is 2. The van der Waals surface area contributed by atoms with Gasteiger partial charge in [0.2, 0.25) is 0 Å². The molecule has 0 aliphatic carbocycles. The molecule has 0 bridgehead atoms. The number of aliphatic hydroxyl groups is 1. The highest BCUT2D eigenvalue weighted by Gasteiger charge is 2.27. The third kappa shape index (κ3) is 4.07. The molecule has 0 saturated heterocycles. The third-order valence-electron chi connectivity index (χ3n) is 4.98. The van der Waals surface area contributed by atoms with Crippen molar-refractivity contribution in [2.24, 2.45) is 0 Å². The van der Waals surface area contributed by atoms with Crippen LogP contribution in [0.4, 0.5) is 8.78 Å². The number of carbonyl (C=O) groups excluding carboxylic acids is 1. The molecule has 0 radical (unpaired) electrons. The first-order chi connectivity index (χ1) is 13.8. The molecule has 2 heterocycles. The van der Waals surface area contributed by atoms with Gasteiger partial charge >= 0.3 is 0 Å². The Morgan fingerprint density at radius 2 is 1.97 bits per heavy atom. The van der Waals surface area contributed by atoms with Crippen molar-refractivity contribution in [3.05, 3.63) is 65.1 Å². The second-order valence-corrected chi connectivity index (χ2v) is 7.13. The molecule has 0 fully saturated rings. The fourth-order valence-corrected chi connectivity index (χ4v) is 2.94. The Bertz CT molecular complexity index is 1020. The molecule has 1 atom stereocenters. The Kier molecular flexibility index (Phi) is 5.83. The van der Waals surface area contributed by atoms with E-state index >= 15 is 0 Å². The number of nitrogens with zero attached hydrogens (tertiary/aromatic N) is 2. The molecule has 0 spiro atoms. The van der Waals surface area contributed by atoms with Crippen molar-refractivity contribution in [1.82, 2.24) is 14.7 Å². The molecule has 1 aromatic carbocycles. The number of aromatic nitrogens is 2. The van der Waals surface area contributed by atoms with Crippen LogP contribution in [-0.4, -0.2) is 32.5 Å². The number of imidazole rings is 1. The summed E-state index contributed by atoms with van der Waals surface area (Å²) in [4.78, 5) is 17.2. The van der Waals surface area contributed by atoms with Crippen molar-refractivity contribution in [3.8, 4) is 5.75 Å². The number of pyridine rings is 1. The molecule has 2 aromatic heterocycles. The topological polar surface area (TPSA) is 75.9 Å². The lowest BCUT2D eigenvalue weighted by atomic mass is 10.00. The molecule has 0 aliphatic heterocycles. The first kappa shape index (κ1) is 20.7. The van der Waals surface area contributed by atoms with Crippen LogP contribution in [0.2, 0.25) is 0 Å². The van der Waals surface area contributed by atoms with Gasteiger partial charge < -0.3 is 15.2 Å². The van der Waals surface area contributed by atoms with Crippen molar-refractivity contribution >= 4 is 11.6 Å². The average Bonchev–Trinajstić information content (AvgIpc) is 3.04. The lowest BCUT2D eigenvalue weighted by Crippen LogP contribution is -2.48. The third-order valence-corrected chi connectivity index (χ3v) is 4.98. The van der Waals surface area contributed by atoms with Gasteiger partial charge in [-0.05, 0) is 44.5 Å². The van der Waals surface area contributed by atoms with Crippen molar-refractivity contribution < 1.29 is 23.4 Å². The SMILES string of the molecule is CC[C@](C)(CO)NC(=O)c1c(C)nc2c(OCc3c(F)cccc3F)cccn12. The summed E-state index contributed by atoms with van der Waals surface area (Å²) in [6.07, 6.45) is 2.20. The lowest BCUT2D eigenvalue weighted by Gasteiger charge is -2.27. The smallest absolute Gasteiger partial charge is 0.270 e. The van der Waals surface area contributed by atoms with E-state index in [2.05, 4.69) is 10.3 Å². The van der Waals surface area contributed by atoms with Gasteiger partial charge in [-0.3, -0.25) is 9.20 Å². The van der Waals surface area contributed by atoms with E-state index in [1.54, 1.807) is 36.6 Å². The highest BCUT2D eigenvalue weighted by atomic mass is 19.1. The van der Waals surface area contributed by atoms with Crippen LogP contribution in [0.15, 0.2) is 36.5 Å². The van der Waals surface area contributed by atoms with Gasteiger partial charge in [-0.2, -0.15) is 0 Å². The zero-order chi connectivity index (χ0) is 21.2. The minimum absolute atomic E-state index is 0.183. The normalized spacial score (nSPS) is 13.3. The Balaban J connectivity index is 1.93. The van der Waals surface area contributed by atoms with E-state index in [1.165, 1.54) is 6.07 Å². The summed E-state index contributed by atoms with van der Waals surface area (Å²) in [6, 6.07) is 6.88. The summed E-state index contributed by atoms with van der Waals surface area (Å²) in [5.74, 6) is -1.48. The van der Waals surface area contributed by atoms with Crippen molar-refractivity contribution in [1.29, 1.82) is 0 Å². The van der Waals surface area contributed by atoms with Crippen LogP contribution in [0.3, 0.4) is 0 Å². The largest absolute Gasteiger partial charge is 0.485 e. The second kappa shape index (κ2) is 8.16. The van der Waals surface area contributed by atoms with Gasteiger partial charge in [-0.15, -0.1) is 0 Å². The number of nitrogens with one attached hydrogen (secondary N) is 1. The molecule has 3 aromatic rings. The second-order valence-electron chi connectivity index (χ2n) is 7.13. The maximum absolute atomic E-state index is 13.9. The fraction of sp³-hybridized carbons (Fsp3) is 0.333. The number of hydrogen-bond acceptors (Lipinski definition) is 4. The van der Waals surface area contributed by atoms with Crippen LogP contribution in [0.1, 0.15) is 42.0 Å². The Labute approximate surface area is 167 Å². The molecule has 1 amide bonds. The number of fused-ring (bicyclic) bond motifs is 1. The van der Waals surface area contributed by atoms with Gasteiger partial charge in [0.25, 0.3) is 5.91 Å². The van der Waals surface area contributed by atoms with Crippen LogP contribution in [0, 0.1) is 18.6 Å². The lowest BCUT2D eigenvalue weighted by molar-refractivity contribution is 0.0840. The summed E-state index contributed by atoms with van der Waals surface area (Å²) in [6.45, 7) is 4.79. The molecule has 0 saturated carbocycles. The minimum atomic E-state index is -0.760. The maximum Gasteiger partial charge on any atom is 0.270 e. The van der Waals surface area contributed by atoms with Crippen LogP contribution in [-0.2, 0) is 6.61 Å². The number of aliphatic hydroxyl groups excluding tert-OH is 1. The molecule has 0 unspecified atom stereocenters. The van der Waals surface area contributed by atoms with Gasteiger partial charge in [-0.25, -0.2) is 13.8 Å². The molecule has 154 valence electrons. The van der Waals surface area contributed by atoms with E-state index in [-0.39, 0.29) is 30.4 Å². The number of rotatable bonds is 7. The fourth-order valence-electron chi connectivity index (χ4n) is 2.94. The monoisotopic (exact) mass is 403 g/mol. The van der Waals surface area contributed by atoms with Gasteiger partial charge in [0.05, 0.1) is 23.4 Å². The van der Waals surface area contributed by atoms with Crippen LogP contribution < -0.4 is 10.1 Å². The summed E-state index contributed by atoms with van der Waals surface area (Å²) in [5.41, 5.74) is 0.179. The Hall–Kier alpha value is -3.00. The Morgan fingerprint density at radius 3 is 2.59 bits per heavy atom. The standard InChI is InChI=1S/C21H23F2N3O3/c1-4-21(3,12-27)25-20(28)18-13(2)24-19-17(9-6-10-26(18)19)29-11-14-15(22)7-5-8-16(14)23/h5-10,27H,4,11-12H2,1-3H3,(H,25,28)/t21-/m1/s1. The van der Waals surface area contributed by atoms with Gasteiger partial charge in [0.15, 0.2) is 11.4 Å². The zero-order valence-corrected chi connectivity index (χ0v) is 16.5. The molecular formula is C21H23F2N3O3. The number of carbonyl (C=O) groups is 1. The predicted octanol–water partition coefficient (Wildman–Crippen LogP) is 3.39. The van der Waals surface area contributed by atoms with Crippen molar-refractivity contribution in [2.75, 3.05) is 6.61 Å². The van der Waals surface area contributed by atoms with E-state index in [1.807, 2.05) is 6.92 Å². The molecule has 3 rings (SSSR count). The van der Waals surface area contributed by atoms with Crippen LogP contribution in [0.5, 0.6) is 5.75 Å². The van der Waals surface area contributed by atoms with Crippen LogP contribution in [0.25, 0.3) is 5.65 Å². The Morgan fingerprint density at radius 1 is 1.28 bits per heavy atom. The maximum atomic E-state index is 13.9. The summed E-state index contributed by atoms with van der Waals surface area (Å²) in [7, 11) is 0. The highest BCUT2D eigenvalue weighted by molar-refractivity contribution is 5.95. The number of ether oxygens (including phenoxy) is 1.